The minimum Gasteiger partial charge on any atom is -0.294 e. The lowest BCUT2D eigenvalue weighted by atomic mass is 9.94. The lowest BCUT2D eigenvalue weighted by Gasteiger charge is -2.09. The van der Waals surface area contributed by atoms with Crippen molar-refractivity contribution in [3.05, 3.63) is 60.2 Å². The maximum Gasteiger partial charge on any atom is 0.166 e. The number of Topliss-reactive ketones (excluding diaryl/α,β-unsaturated/α-hetero) is 1. The fraction of sp³-hybridized carbons (Fsp3) is 0.167. The summed E-state index contributed by atoms with van der Waals surface area (Å²) in [6, 6.07) is 18.6. The van der Waals surface area contributed by atoms with Crippen molar-refractivity contribution >= 4 is 27.3 Å². The molecule has 1 fully saturated rings. The second kappa shape index (κ2) is 3.92. The molecule has 1 aliphatic rings. The average Bonchev–Trinajstić information content (AvgIpc) is 3.30. The van der Waals surface area contributed by atoms with E-state index in [2.05, 4.69) is 36.4 Å². The van der Waals surface area contributed by atoms with Crippen LogP contribution in [0.2, 0.25) is 0 Å². The highest BCUT2D eigenvalue weighted by Gasteiger charge is 2.31. The van der Waals surface area contributed by atoms with Gasteiger partial charge in [0.1, 0.15) is 0 Å². The Morgan fingerprint density at radius 1 is 0.842 bits per heavy atom. The second-order valence-electron chi connectivity index (χ2n) is 5.33. The van der Waals surface area contributed by atoms with Crippen molar-refractivity contribution < 1.29 is 4.79 Å². The summed E-state index contributed by atoms with van der Waals surface area (Å²) in [4.78, 5) is 12.5. The van der Waals surface area contributed by atoms with Gasteiger partial charge in [0.05, 0.1) is 0 Å². The minimum absolute atomic E-state index is 0.268. The van der Waals surface area contributed by atoms with Crippen molar-refractivity contribution in [2.75, 3.05) is 0 Å². The van der Waals surface area contributed by atoms with E-state index in [0.717, 1.165) is 29.2 Å². The molecule has 0 saturated heterocycles. The van der Waals surface area contributed by atoms with Gasteiger partial charge in [-0.2, -0.15) is 0 Å². The Morgan fingerprint density at radius 3 is 2.21 bits per heavy atom. The maximum atomic E-state index is 12.5. The molecular formula is C18H14O. The van der Waals surface area contributed by atoms with Gasteiger partial charge < -0.3 is 0 Å². The third-order valence-electron chi connectivity index (χ3n) is 3.98. The Kier molecular flexibility index (Phi) is 2.22. The quantitative estimate of drug-likeness (QED) is 0.477. The van der Waals surface area contributed by atoms with E-state index in [1.807, 2.05) is 18.2 Å². The van der Waals surface area contributed by atoms with Crippen LogP contribution in [0, 0.1) is 5.92 Å². The molecule has 0 bridgehead atoms. The number of hydrogen-bond donors (Lipinski definition) is 0. The summed E-state index contributed by atoms with van der Waals surface area (Å²) in [5, 5.41) is 4.67. The van der Waals surface area contributed by atoms with Crippen LogP contribution in [0.15, 0.2) is 54.6 Å². The maximum absolute atomic E-state index is 12.5. The summed E-state index contributed by atoms with van der Waals surface area (Å²) in [5.41, 5.74) is 0.900. The van der Waals surface area contributed by atoms with Gasteiger partial charge in [0.2, 0.25) is 0 Å². The van der Waals surface area contributed by atoms with Crippen LogP contribution in [0.25, 0.3) is 21.5 Å². The molecule has 0 N–H and O–H groups in total. The Balaban J connectivity index is 2.12. The Morgan fingerprint density at radius 2 is 1.47 bits per heavy atom. The first kappa shape index (κ1) is 10.7. The SMILES string of the molecule is O=C(c1cc2ccccc2c2ccccc12)C1CC1. The van der Waals surface area contributed by atoms with Crippen molar-refractivity contribution in [3.63, 3.8) is 0 Å². The monoisotopic (exact) mass is 246 g/mol. The van der Waals surface area contributed by atoms with Crippen molar-refractivity contribution in [1.29, 1.82) is 0 Å². The number of ketones is 1. The molecule has 0 radical (unpaired) electrons. The van der Waals surface area contributed by atoms with Crippen LogP contribution < -0.4 is 0 Å². The van der Waals surface area contributed by atoms with E-state index in [-0.39, 0.29) is 5.92 Å². The van der Waals surface area contributed by atoms with Crippen molar-refractivity contribution in [1.82, 2.24) is 0 Å². The lowest BCUT2D eigenvalue weighted by Crippen LogP contribution is -2.02. The highest BCUT2D eigenvalue weighted by atomic mass is 16.1. The highest BCUT2D eigenvalue weighted by Crippen LogP contribution is 2.36. The van der Waals surface area contributed by atoms with Crippen LogP contribution in [0.4, 0.5) is 0 Å². The average molecular weight is 246 g/mol. The van der Waals surface area contributed by atoms with Crippen LogP contribution in [0.3, 0.4) is 0 Å². The minimum atomic E-state index is 0.268. The fourth-order valence-corrected chi connectivity index (χ4v) is 2.82. The summed E-state index contributed by atoms with van der Waals surface area (Å²) in [6.45, 7) is 0. The number of fused-ring (bicyclic) bond motifs is 3. The van der Waals surface area contributed by atoms with E-state index in [4.69, 9.17) is 0 Å². The molecule has 0 heterocycles. The largest absolute Gasteiger partial charge is 0.294 e. The van der Waals surface area contributed by atoms with Gasteiger partial charge in [-0.05, 0) is 40.5 Å². The molecule has 1 saturated carbocycles. The van der Waals surface area contributed by atoms with Gasteiger partial charge in [-0.3, -0.25) is 4.79 Å². The van der Waals surface area contributed by atoms with E-state index >= 15 is 0 Å². The Bertz CT molecular complexity index is 797. The first-order valence-corrected chi connectivity index (χ1v) is 6.79. The molecule has 0 atom stereocenters. The molecule has 0 aromatic heterocycles. The molecule has 0 unspecified atom stereocenters. The van der Waals surface area contributed by atoms with E-state index < -0.39 is 0 Å². The molecular weight excluding hydrogens is 232 g/mol. The predicted octanol–water partition coefficient (Wildman–Crippen LogP) is 4.59. The van der Waals surface area contributed by atoms with Gasteiger partial charge in [0.15, 0.2) is 5.78 Å². The van der Waals surface area contributed by atoms with E-state index in [1.54, 1.807) is 0 Å². The number of benzene rings is 3. The standard InChI is InChI=1S/C18H14O/c19-18(12-9-10-12)17-11-13-5-1-2-6-14(13)15-7-3-4-8-16(15)17/h1-8,11-12H,9-10H2. The van der Waals surface area contributed by atoms with Crippen LogP contribution in [0.1, 0.15) is 23.2 Å². The van der Waals surface area contributed by atoms with Crippen molar-refractivity contribution in [2.24, 2.45) is 5.92 Å². The van der Waals surface area contributed by atoms with Gasteiger partial charge in [-0.25, -0.2) is 0 Å². The van der Waals surface area contributed by atoms with E-state index in [0.29, 0.717) is 5.78 Å². The molecule has 0 amide bonds. The van der Waals surface area contributed by atoms with Crippen LogP contribution in [-0.4, -0.2) is 5.78 Å². The van der Waals surface area contributed by atoms with Crippen molar-refractivity contribution in [2.45, 2.75) is 12.8 Å². The number of carbonyl (C=O) groups excluding carboxylic acids is 1. The molecule has 1 nitrogen and oxygen atoms in total. The third kappa shape index (κ3) is 1.66. The molecule has 92 valence electrons. The van der Waals surface area contributed by atoms with E-state index in [9.17, 15) is 4.79 Å². The molecule has 1 aliphatic carbocycles. The zero-order chi connectivity index (χ0) is 12.8. The van der Waals surface area contributed by atoms with Gasteiger partial charge in [-0.1, -0.05) is 48.5 Å². The lowest BCUT2D eigenvalue weighted by molar-refractivity contribution is 0.0969. The number of rotatable bonds is 2. The summed E-state index contributed by atoms with van der Waals surface area (Å²) in [5.74, 6) is 0.589. The molecule has 3 aromatic rings. The molecule has 4 rings (SSSR count). The number of hydrogen-bond acceptors (Lipinski definition) is 1. The molecule has 0 spiro atoms. The van der Waals surface area contributed by atoms with Gasteiger partial charge in [0.25, 0.3) is 0 Å². The van der Waals surface area contributed by atoms with Crippen molar-refractivity contribution in [3.8, 4) is 0 Å². The summed E-state index contributed by atoms with van der Waals surface area (Å²) in [7, 11) is 0. The molecule has 1 heteroatoms. The zero-order valence-electron chi connectivity index (χ0n) is 10.6. The Labute approximate surface area is 111 Å². The first-order valence-electron chi connectivity index (χ1n) is 6.79. The summed E-state index contributed by atoms with van der Waals surface area (Å²) >= 11 is 0. The summed E-state index contributed by atoms with van der Waals surface area (Å²) < 4.78 is 0. The first-order chi connectivity index (χ1) is 9.34. The molecule has 0 aliphatic heterocycles. The zero-order valence-corrected chi connectivity index (χ0v) is 10.6. The van der Waals surface area contributed by atoms with Gasteiger partial charge in [-0.15, -0.1) is 0 Å². The molecule has 3 aromatic carbocycles. The normalized spacial score (nSPS) is 14.9. The van der Waals surface area contributed by atoms with Crippen LogP contribution in [-0.2, 0) is 0 Å². The summed E-state index contributed by atoms with van der Waals surface area (Å²) in [6.07, 6.45) is 2.11. The second-order valence-corrected chi connectivity index (χ2v) is 5.33. The molecule has 19 heavy (non-hydrogen) atoms. The fourth-order valence-electron chi connectivity index (χ4n) is 2.82. The van der Waals surface area contributed by atoms with Gasteiger partial charge in [0, 0.05) is 11.5 Å². The highest BCUT2D eigenvalue weighted by molar-refractivity contribution is 6.18. The number of carbonyl (C=O) groups is 1. The predicted molar refractivity (Wildman–Crippen MR) is 78.5 cm³/mol. The smallest absolute Gasteiger partial charge is 0.166 e. The van der Waals surface area contributed by atoms with E-state index in [1.165, 1.54) is 10.8 Å². The van der Waals surface area contributed by atoms with Crippen LogP contribution in [0.5, 0.6) is 0 Å². The topological polar surface area (TPSA) is 17.1 Å². The third-order valence-corrected chi connectivity index (χ3v) is 3.98. The van der Waals surface area contributed by atoms with Crippen LogP contribution >= 0.6 is 0 Å². The van der Waals surface area contributed by atoms with Gasteiger partial charge >= 0.3 is 0 Å². The Hall–Kier alpha value is -2.15.